The van der Waals surface area contributed by atoms with Crippen molar-refractivity contribution in [2.75, 3.05) is 25.5 Å². The van der Waals surface area contributed by atoms with Gasteiger partial charge in [-0.3, -0.25) is 9.48 Å². The van der Waals surface area contributed by atoms with Gasteiger partial charge in [0.15, 0.2) is 0 Å². The molecule has 6 nitrogen and oxygen atoms in total. The Kier molecular flexibility index (Phi) is 4.19. The van der Waals surface area contributed by atoms with E-state index in [1.165, 1.54) is 23.7 Å². The minimum atomic E-state index is -0.185. The van der Waals surface area contributed by atoms with Crippen molar-refractivity contribution in [2.45, 2.75) is 19.3 Å². The summed E-state index contributed by atoms with van der Waals surface area (Å²) in [4.78, 5) is 11.8. The predicted molar refractivity (Wildman–Crippen MR) is 68.1 cm³/mol. The monoisotopic (exact) mass is 252 g/mol. The van der Waals surface area contributed by atoms with Crippen LogP contribution in [0.3, 0.4) is 0 Å². The number of aryl methyl sites for hydroxylation is 1. The van der Waals surface area contributed by atoms with E-state index in [1.54, 1.807) is 7.05 Å². The molecule has 6 heteroatoms. The van der Waals surface area contributed by atoms with Crippen LogP contribution in [-0.4, -0.2) is 35.4 Å². The maximum absolute atomic E-state index is 11.8. The van der Waals surface area contributed by atoms with Gasteiger partial charge in [-0.05, 0) is 25.2 Å². The van der Waals surface area contributed by atoms with Gasteiger partial charge in [-0.1, -0.05) is 0 Å². The first-order valence-corrected chi connectivity index (χ1v) is 6.32. The van der Waals surface area contributed by atoms with Crippen molar-refractivity contribution in [3.8, 4) is 0 Å². The molecule has 3 N–H and O–H groups in total. The predicted octanol–water partition coefficient (Wildman–Crippen LogP) is 0.549. The summed E-state index contributed by atoms with van der Waals surface area (Å²) in [6.45, 7) is 2.15. The molecule has 1 aromatic heterocycles. The van der Waals surface area contributed by atoms with E-state index in [9.17, 15) is 4.79 Å². The van der Waals surface area contributed by atoms with Gasteiger partial charge < -0.3 is 15.8 Å². The van der Waals surface area contributed by atoms with E-state index in [0.29, 0.717) is 24.5 Å². The first kappa shape index (κ1) is 12.9. The van der Waals surface area contributed by atoms with Crippen LogP contribution >= 0.6 is 0 Å². The zero-order chi connectivity index (χ0) is 13.0. The van der Waals surface area contributed by atoms with Crippen LogP contribution in [0, 0.1) is 5.92 Å². The minimum Gasteiger partial charge on any atom is -0.396 e. The lowest BCUT2D eigenvalue weighted by Crippen LogP contribution is -2.28. The molecule has 1 aliphatic carbocycles. The number of hydrogen-bond donors (Lipinski definition) is 2. The summed E-state index contributed by atoms with van der Waals surface area (Å²) < 4.78 is 6.96. The third-order valence-electron chi connectivity index (χ3n) is 2.98. The topological polar surface area (TPSA) is 82.2 Å². The highest BCUT2D eigenvalue weighted by molar-refractivity contribution is 5.97. The summed E-state index contributed by atoms with van der Waals surface area (Å²) in [7, 11) is 1.70. The molecule has 1 saturated carbocycles. The second kappa shape index (κ2) is 5.86. The Hall–Kier alpha value is -1.56. The maximum atomic E-state index is 11.8. The van der Waals surface area contributed by atoms with Gasteiger partial charge in [0.25, 0.3) is 5.91 Å². The number of aromatic nitrogens is 2. The second-order valence-corrected chi connectivity index (χ2v) is 4.70. The molecular formula is C12H20N4O2. The summed E-state index contributed by atoms with van der Waals surface area (Å²) in [6, 6.07) is 0. The van der Waals surface area contributed by atoms with Gasteiger partial charge in [-0.2, -0.15) is 5.10 Å². The highest BCUT2D eigenvalue weighted by Crippen LogP contribution is 2.28. The van der Waals surface area contributed by atoms with Crippen molar-refractivity contribution in [3.05, 3.63) is 11.9 Å². The lowest BCUT2D eigenvalue weighted by molar-refractivity contribution is 0.0929. The van der Waals surface area contributed by atoms with Crippen LogP contribution in [0.4, 0.5) is 5.69 Å². The molecule has 0 bridgehead atoms. The molecule has 1 fully saturated rings. The molecule has 0 aliphatic heterocycles. The summed E-state index contributed by atoms with van der Waals surface area (Å²) >= 11 is 0. The number of nitrogens with two attached hydrogens (primary N) is 1. The number of ether oxygens (including phenoxy) is 1. The highest BCUT2D eigenvalue weighted by atomic mass is 16.5. The molecule has 0 aromatic carbocycles. The van der Waals surface area contributed by atoms with Crippen LogP contribution in [0.5, 0.6) is 0 Å². The fourth-order valence-corrected chi connectivity index (χ4v) is 1.73. The number of carbonyl (C=O) groups is 1. The molecule has 0 atom stereocenters. The van der Waals surface area contributed by atoms with E-state index >= 15 is 0 Å². The van der Waals surface area contributed by atoms with Crippen LogP contribution in [0.25, 0.3) is 0 Å². The molecule has 1 aliphatic rings. The van der Waals surface area contributed by atoms with Crippen LogP contribution in [-0.2, 0) is 11.8 Å². The smallest absolute Gasteiger partial charge is 0.271 e. The van der Waals surface area contributed by atoms with Gasteiger partial charge in [0.05, 0.1) is 11.9 Å². The van der Waals surface area contributed by atoms with Crippen molar-refractivity contribution in [2.24, 2.45) is 13.0 Å². The Bertz CT molecular complexity index is 393. The standard InChI is InChI=1S/C12H20N4O2/c1-16-11(10(13)7-15-16)12(17)14-5-2-6-18-8-9-3-4-9/h7,9H,2-6,8,13H2,1H3,(H,14,17). The van der Waals surface area contributed by atoms with Crippen molar-refractivity contribution < 1.29 is 9.53 Å². The summed E-state index contributed by atoms with van der Waals surface area (Å²) in [5.41, 5.74) is 6.48. The van der Waals surface area contributed by atoms with E-state index in [2.05, 4.69) is 10.4 Å². The molecule has 18 heavy (non-hydrogen) atoms. The minimum absolute atomic E-state index is 0.185. The second-order valence-electron chi connectivity index (χ2n) is 4.70. The number of amides is 1. The Balaban J connectivity index is 1.62. The van der Waals surface area contributed by atoms with Gasteiger partial charge in [0, 0.05) is 26.8 Å². The highest BCUT2D eigenvalue weighted by Gasteiger charge is 2.20. The third-order valence-corrected chi connectivity index (χ3v) is 2.98. The number of nitrogen functional groups attached to an aromatic ring is 1. The maximum Gasteiger partial charge on any atom is 0.271 e. The number of nitrogens with one attached hydrogen (secondary N) is 1. The summed E-state index contributed by atoms with van der Waals surface area (Å²) in [5.74, 6) is 0.600. The van der Waals surface area contributed by atoms with Crippen LogP contribution in [0.15, 0.2) is 6.20 Å². The summed E-state index contributed by atoms with van der Waals surface area (Å²) in [6.07, 6.45) is 4.90. The van der Waals surface area contributed by atoms with Crippen LogP contribution < -0.4 is 11.1 Å². The third kappa shape index (κ3) is 3.46. The number of carbonyl (C=O) groups excluding carboxylic acids is 1. The fourth-order valence-electron chi connectivity index (χ4n) is 1.73. The van der Waals surface area contributed by atoms with Crippen molar-refractivity contribution in [1.82, 2.24) is 15.1 Å². The number of nitrogens with zero attached hydrogens (tertiary/aromatic N) is 2. The van der Waals surface area contributed by atoms with Crippen molar-refractivity contribution in [3.63, 3.8) is 0 Å². The Morgan fingerprint density at radius 1 is 1.67 bits per heavy atom. The molecule has 1 heterocycles. The molecule has 0 saturated heterocycles. The molecule has 0 radical (unpaired) electrons. The Labute approximate surface area is 106 Å². The van der Waals surface area contributed by atoms with Crippen molar-refractivity contribution >= 4 is 11.6 Å². The molecular weight excluding hydrogens is 232 g/mol. The van der Waals surface area contributed by atoms with Gasteiger partial charge in [-0.15, -0.1) is 0 Å². The number of rotatable bonds is 7. The fraction of sp³-hybridized carbons (Fsp3) is 0.667. The first-order valence-electron chi connectivity index (χ1n) is 6.32. The zero-order valence-corrected chi connectivity index (χ0v) is 10.7. The van der Waals surface area contributed by atoms with Gasteiger partial charge >= 0.3 is 0 Å². The quantitative estimate of drug-likeness (QED) is 0.694. The van der Waals surface area contributed by atoms with Crippen LogP contribution in [0.2, 0.25) is 0 Å². The molecule has 1 aromatic rings. The van der Waals surface area contributed by atoms with Gasteiger partial charge in [0.2, 0.25) is 0 Å². The zero-order valence-electron chi connectivity index (χ0n) is 10.7. The Morgan fingerprint density at radius 2 is 2.44 bits per heavy atom. The largest absolute Gasteiger partial charge is 0.396 e. The SMILES string of the molecule is Cn1ncc(N)c1C(=O)NCCCOCC1CC1. The van der Waals surface area contributed by atoms with Gasteiger partial charge in [0.1, 0.15) is 5.69 Å². The number of anilines is 1. The van der Waals surface area contributed by atoms with E-state index in [0.717, 1.165) is 18.9 Å². The average molecular weight is 252 g/mol. The molecule has 100 valence electrons. The normalized spacial score (nSPS) is 14.7. The molecule has 1 amide bonds. The van der Waals surface area contributed by atoms with E-state index < -0.39 is 0 Å². The molecule has 2 rings (SSSR count). The number of hydrogen-bond acceptors (Lipinski definition) is 4. The molecule has 0 spiro atoms. The van der Waals surface area contributed by atoms with E-state index in [1.807, 2.05) is 0 Å². The van der Waals surface area contributed by atoms with E-state index in [4.69, 9.17) is 10.5 Å². The molecule has 0 unspecified atom stereocenters. The summed E-state index contributed by atoms with van der Waals surface area (Å²) in [5, 5.41) is 6.74. The Morgan fingerprint density at radius 3 is 3.06 bits per heavy atom. The van der Waals surface area contributed by atoms with Gasteiger partial charge in [-0.25, -0.2) is 0 Å². The van der Waals surface area contributed by atoms with E-state index in [-0.39, 0.29) is 5.91 Å². The van der Waals surface area contributed by atoms with Crippen LogP contribution in [0.1, 0.15) is 29.8 Å². The lowest BCUT2D eigenvalue weighted by atomic mass is 10.3. The van der Waals surface area contributed by atoms with Crippen molar-refractivity contribution in [1.29, 1.82) is 0 Å². The lowest BCUT2D eigenvalue weighted by Gasteiger charge is -2.06. The average Bonchev–Trinajstić information content (AvgIpc) is 3.09. The first-order chi connectivity index (χ1) is 8.68.